The first kappa shape index (κ1) is 15.3. The molecule has 1 fully saturated rings. The molecule has 7 heteroatoms. The SMILES string of the molecule is O=S(=O)(c1ccc(Br)cc1Cl)N1CCC(CO)CC1. The van der Waals surface area contributed by atoms with Gasteiger partial charge in [-0.05, 0) is 37.0 Å². The number of rotatable bonds is 3. The predicted octanol–water partition coefficient (Wildman–Crippen LogP) is 2.50. The summed E-state index contributed by atoms with van der Waals surface area (Å²) in [5.74, 6) is 0.201. The Hall–Kier alpha value is -0.140. The molecule has 0 unspecified atom stereocenters. The van der Waals surface area contributed by atoms with Crippen LogP contribution in [-0.2, 0) is 10.0 Å². The number of halogens is 2. The molecule has 2 rings (SSSR count). The molecule has 19 heavy (non-hydrogen) atoms. The van der Waals surface area contributed by atoms with E-state index in [9.17, 15) is 8.42 Å². The minimum atomic E-state index is -3.54. The molecule has 0 spiro atoms. The second-order valence-corrected chi connectivity index (χ2v) is 7.83. The van der Waals surface area contributed by atoms with Gasteiger partial charge in [0.05, 0.1) is 5.02 Å². The van der Waals surface area contributed by atoms with Crippen molar-refractivity contribution >= 4 is 37.6 Å². The van der Waals surface area contributed by atoms with Crippen LogP contribution in [0.15, 0.2) is 27.6 Å². The number of hydrogen-bond acceptors (Lipinski definition) is 3. The van der Waals surface area contributed by atoms with Gasteiger partial charge in [0.1, 0.15) is 4.90 Å². The van der Waals surface area contributed by atoms with Crippen LogP contribution in [0.2, 0.25) is 5.02 Å². The number of sulfonamides is 1. The summed E-state index contributed by atoms with van der Waals surface area (Å²) in [6.07, 6.45) is 1.37. The molecule has 0 saturated carbocycles. The quantitative estimate of drug-likeness (QED) is 0.892. The van der Waals surface area contributed by atoms with Gasteiger partial charge in [0.25, 0.3) is 0 Å². The maximum Gasteiger partial charge on any atom is 0.244 e. The lowest BCUT2D eigenvalue weighted by molar-refractivity contribution is 0.170. The van der Waals surface area contributed by atoms with Gasteiger partial charge in [-0.2, -0.15) is 4.31 Å². The van der Waals surface area contributed by atoms with Crippen molar-refractivity contribution in [3.8, 4) is 0 Å². The van der Waals surface area contributed by atoms with E-state index < -0.39 is 10.0 Å². The summed E-state index contributed by atoms with van der Waals surface area (Å²) in [6.45, 7) is 0.979. The summed E-state index contributed by atoms with van der Waals surface area (Å²) in [6, 6.07) is 4.76. The highest BCUT2D eigenvalue weighted by atomic mass is 79.9. The molecule has 0 aromatic heterocycles. The Balaban J connectivity index is 2.23. The average molecular weight is 369 g/mol. The highest BCUT2D eigenvalue weighted by Crippen LogP contribution is 2.30. The zero-order valence-electron chi connectivity index (χ0n) is 10.2. The smallest absolute Gasteiger partial charge is 0.244 e. The van der Waals surface area contributed by atoms with Crippen molar-refractivity contribution in [1.82, 2.24) is 4.31 Å². The van der Waals surface area contributed by atoms with Crippen molar-refractivity contribution in [3.05, 3.63) is 27.7 Å². The summed E-state index contributed by atoms with van der Waals surface area (Å²) in [4.78, 5) is 0.139. The molecule has 0 bridgehead atoms. The largest absolute Gasteiger partial charge is 0.396 e. The van der Waals surface area contributed by atoms with Crippen molar-refractivity contribution in [1.29, 1.82) is 0 Å². The lowest BCUT2D eigenvalue weighted by Crippen LogP contribution is -2.39. The van der Waals surface area contributed by atoms with Crippen LogP contribution in [0.3, 0.4) is 0 Å². The van der Waals surface area contributed by atoms with Crippen LogP contribution in [0.25, 0.3) is 0 Å². The maximum absolute atomic E-state index is 12.5. The topological polar surface area (TPSA) is 57.6 Å². The van der Waals surface area contributed by atoms with Gasteiger partial charge < -0.3 is 5.11 Å². The van der Waals surface area contributed by atoms with Crippen molar-refractivity contribution < 1.29 is 13.5 Å². The van der Waals surface area contributed by atoms with E-state index in [2.05, 4.69) is 15.9 Å². The summed E-state index contributed by atoms with van der Waals surface area (Å²) in [7, 11) is -3.54. The molecule has 1 aromatic carbocycles. The van der Waals surface area contributed by atoms with Crippen LogP contribution >= 0.6 is 27.5 Å². The van der Waals surface area contributed by atoms with Crippen LogP contribution in [-0.4, -0.2) is 37.5 Å². The third-order valence-electron chi connectivity index (χ3n) is 3.34. The minimum absolute atomic E-state index is 0.118. The van der Waals surface area contributed by atoms with Gasteiger partial charge in [0, 0.05) is 24.2 Å². The summed E-state index contributed by atoms with van der Waals surface area (Å²) < 4.78 is 27.1. The van der Waals surface area contributed by atoms with Crippen LogP contribution in [0.1, 0.15) is 12.8 Å². The molecule has 106 valence electrons. The van der Waals surface area contributed by atoms with E-state index in [0.29, 0.717) is 25.9 Å². The molecule has 1 aliphatic rings. The molecule has 1 aliphatic heterocycles. The molecule has 1 N–H and O–H groups in total. The van der Waals surface area contributed by atoms with E-state index in [1.54, 1.807) is 12.1 Å². The molecule has 0 amide bonds. The van der Waals surface area contributed by atoms with Crippen molar-refractivity contribution in [2.24, 2.45) is 5.92 Å². The predicted molar refractivity (Wildman–Crippen MR) is 77.7 cm³/mol. The molecular formula is C12H15BrClNO3S. The standard InChI is InChI=1S/C12H15BrClNO3S/c13-10-1-2-12(11(14)7-10)19(17,18)15-5-3-9(8-16)4-6-15/h1-2,7,9,16H,3-6,8H2. The minimum Gasteiger partial charge on any atom is -0.396 e. The Morgan fingerprint density at radius 2 is 2.00 bits per heavy atom. The van der Waals surface area contributed by atoms with Crippen molar-refractivity contribution in [2.45, 2.75) is 17.7 Å². The highest BCUT2D eigenvalue weighted by molar-refractivity contribution is 9.10. The zero-order valence-corrected chi connectivity index (χ0v) is 13.4. The van der Waals surface area contributed by atoms with Gasteiger partial charge in [-0.15, -0.1) is 0 Å². The number of aliphatic hydroxyl groups is 1. The lowest BCUT2D eigenvalue weighted by Gasteiger charge is -2.30. The van der Waals surface area contributed by atoms with Crippen molar-refractivity contribution in [2.75, 3.05) is 19.7 Å². The number of nitrogens with zero attached hydrogens (tertiary/aromatic N) is 1. The normalized spacial score (nSPS) is 18.7. The third kappa shape index (κ3) is 3.31. The fourth-order valence-electron chi connectivity index (χ4n) is 2.16. The van der Waals surface area contributed by atoms with E-state index in [4.69, 9.17) is 16.7 Å². The van der Waals surface area contributed by atoms with Gasteiger partial charge in [0.2, 0.25) is 10.0 Å². The number of aliphatic hydroxyl groups excluding tert-OH is 1. The first-order valence-corrected chi connectivity index (χ1v) is 8.62. The molecule has 1 aromatic rings. The average Bonchev–Trinajstić information content (AvgIpc) is 2.38. The Kier molecular flexibility index (Phi) is 4.89. The van der Waals surface area contributed by atoms with Gasteiger partial charge in [-0.3, -0.25) is 0 Å². The highest BCUT2D eigenvalue weighted by Gasteiger charge is 2.30. The van der Waals surface area contributed by atoms with E-state index in [1.165, 1.54) is 10.4 Å². The summed E-state index contributed by atoms with van der Waals surface area (Å²) in [5.41, 5.74) is 0. The first-order chi connectivity index (χ1) is 8.95. The van der Waals surface area contributed by atoms with Gasteiger partial charge in [0.15, 0.2) is 0 Å². The molecule has 1 heterocycles. The van der Waals surface area contributed by atoms with Crippen LogP contribution < -0.4 is 0 Å². The molecular weight excluding hydrogens is 354 g/mol. The Morgan fingerprint density at radius 1 is 1.37 bits per heavy atom. The third-order valence-corrected chi connectivity index (χ3v) is 6.22. The maximum atomic E-state index is 12.5. The van der Waals surface area contributed by atoms with Crippen LogP contribution in [0, 0.1) is 5.92 Å². The first-order valence-electron chi connectivity index (χ1n) is 6.01. The Morgan fingerprint density at radius 3 is 2.53 bits per heavy atom. The van der Waals surface area contributed by atoms with Gasteiger partial charge in [-0.25, -0.2) is 8.42 Å². The summed E-state index contributed by atoms with van der Waals surface area (Å²) in [5, 5.41) is 9.30. The van der Waals surface area contributed by atoms with Gasteiger partial charge in [-0.1, -0.05) is 27.5 Å². The van der Waals surface area contributed by atoms with Crippen LogP contribution in [0.5, 0.6) is 0 Å². The van der Waals surface area contributed by atoms with E-state index in [1.807, 2.05) is 0 Å². The molecule has 0 radical (unpaired) electrons. The fraction of sp³-hybridized carbons (Fsp3) is 0.500. The van der Waals surface area contributed by atoms with Gasteiger partial charge >= 0.3 is 0 Å². The van der Waals surface area contributed by atoms with Crippen LogP contribution in [0.4, 0.5) is 0 Å². The lowest BCUT2D eigenvalue weighted by atomic mass is 10.00. The summed E-state index contributed by atoms with van der Waals surface area (Å²) >= 11 is 9.27. The molecule has 1 saturated heterocycles. The zero-order chi connectivity index (χ0) is 14.0. The monoisotopic (exact) mass is 367 g/mol. The number of piperidine rings is 1. The molecule has 0 atom stereocenters. The van der Waals surface area contributed by atoms with Crippen molar-refractivity contribution in [3.63, 3.8) is 0 Å². The van der Waals surface area contributed by atoms with E-state index in [0.717, 1.165) is 4.47 Å². The number of hydrogen-bond donors (Lipinski definition) is 1. The molecule has 4 nitrogen and oxygen atoms in total. The fourth-order valence-corrected chi connectivity index (χ4v) is 4.64. The Labute approximate surface area is 126 Å². The molecule has 0 aliphatic carbocycles. The second-order valence-electron chi connectivity index (χ2n) is 4.60. The number of benzene rings is 1. The van der Waals surface area contributed by atoms with E-state index in [-0.39, 0.29) is 22.4 Å². The Bertz CT molecular complexity index is 556. The second kappa shape index (κ2) is 6.10. The van der Waals surface area contributed by atoms with E-state index >= 15 is 0 Å².